The van der Waals surface area contributed by atoms with E-state index in [2.05, 4.69) is 45.2 Å². The fourth-order valence-electron chi connectivity index (χ4n) is 9.95. The van der Waals surface area contributed by atoms with Gasteiger partial charge < -0.3 is 59.7 Å². The number of H-pyrrole nitrogens is 1. The molecule has 3 aromatic carbocycles. The standard InChI is InChI=1S/C22H26N2O7.C17H20N2O6.C14H18N2O7.C8H9Br.CH4O.H3N.Y/c1-4-17-19(29-14(2)25)20(30-15(3)26)21(31-17)24-13-11-18(27)23(22(24)28)12-10-16-8-6-5-7-9-16;20-10-12-14(22)15(23)16(25-12)19-9-7-13(21)18(17(19)24)8-6-11-4-2-1-3-5-11;1-4-9-11(21-7(2)17)12(22-8(3)18)13(23-9)16-6-5-10(19)15-14(16)20;9-7-6-8-4-2-1-3-5-8;1-2;;/h5-9,11,13,17,19-21H,4,10,12H2,1-3H3;1-5,7,9,12,14-16,20,22-23H,6,8,10H2;5-6,9,11-13H,4H2,1-3H3,(H,15,19,20);1-5H,6-7H2;2H,1H3;1H3;/t17-,19?,20+,21-;12-,14?,15+,16-;9-,11?,12+,13-;;;;/m111..../s1. The molecule has 28 nitrogen and oxygen atoms in total. The molecule has 3 unspecified atom stereocenters. The summed E-state index contributed by atoms with van der Waals surface area (Å²) in [5, 5.41) is 37.1. The van der Waals surface area contributed by atoms with Crippen molar-refractivity contribution < 1.29 is 105 Å². The molecule has 92 heavy (non-hydrogen) atoms. The molecule has 8 N–H and O–H groups in total. The number of carbonyl (C=O) groups excluding carboxylic acids is 4. The van der Waals surface area contributed by atoms with Crippen molar-refractivity contribution in [2.45, 2.75) is 160 Å². The Bertz CT molecular complexity index is 3640. The maximum absolute atomic E-state index is 13.2. The summed E-state index contributed by atoms with van der Waals surface area (Å²) < 4.78 is 43.8. The van der Waals surface area contributed by atoms with Crippen LogP contribution < -0.4 is 39.9 Å². The summed E-state index contributed by atoms with van der Waals surface area (Å²) in [6, 6.07) is 33.0. The van der Waals surface area contributed by atoms with E-state index in [4.69, 9.17) is 43.4 Å². The van der Waals surface area contributed by atoms with Gasteiger partial charge in [-0.25, -0.2) is 14.4 Å². The minimum Gasteiger partial charge on any atom is -0.456 e. The van der Waals surface area contributed by atoms with E-state index in [1.54, 1.807) is 0 Å². The van der Waals surface area contributed by atoms with E-state index in [1.807, 2.05) is 80.6 Å². The molecule has 0 bridgehead atoms. The molecule has 1 radical (unpaired) electrons. The van der Waals surface area contributed by atoms with Crippen LogP contribution in [-0.2, 0) is 117 Å². The van der Waals surface area contributed by atoms with E-state index in [9.17, 15) is 58.2 Å². The third kappa shape index (κ3) is 22.0. The van der Waals surface area contributed by atoms with Gasteiger partial charge in [-0.1, -0.05) is 121 Å². The van der Waals surface area contributed by atoms with E-state index in [1.165, 1.54) is 68.5 Å². The van der Waals surface area contributed by atoms with Crippen LogP contribution in [0.4, 0.5) is 0 Å². The number of esters is 4. The zero-order valence-corrected chi connectivity index (χ0v) is 56.5. The third-order valence-electron chi connectivity index (χ3n) is 14.1. The van der Waals surface area contributed by atoms with Crippen LogP contribution in [0.15, 0.2) is 157 Å². The van der Waals surface area contributed by atoms with Gasteiger partial charge in [0.1, 0.15) is 30.5 Å². The summed E-state index contributed by atoms with van der Waals surface area (Å²) in [7, 11) is 1.00. The van der Waals surface area contributed by atoms with Crippen LogP contribution in [0.25, 0.3) is 0 Å². The molecule has 12 atom stereocenters. The van der Waals surface area contributed by atoms with Crippen molar-refractivity contribution in [1.29, 1.82) is 0 Å². The van der Waals surface area contributed by atoms with Gasteiger partial charge in [0.15, 0.2) is 43.1 Å². The Morgan fingerprint density at radius 3 is 1.20 bits per heavy atom. The zero-order chi connectivity index (χ0) is 66.2. The number of nitrogens with zero attached hydrogens (tertiary/aromatic N) is 5. The number of aryl methyl sites for hydroxylation is 3. The number of alkyl halides is 1. The molecule has 499 valence electrons. The molecule has 0 saturated carbocycles. The first-order chi connectivity index (χ1) is 43.1. The van der Waals surface area contributed by atoms with Crippen LogP contribution in [0, 0.1) is 0 Å². The molecule has 0 aliphatic carbocycles. The van der Waals surface area contributed by atoms with Crippen LogP contribution in [-0.4, -0.2) is 146 Å². The van der Waals surface area contributed by atoms with Crippen molar-refractivity contribution in [3.05, 3.63) is 207 Å². The molecule has 3 aromatic heterocycles. The van der Waals surface area contributed by atoms with E-state index >= 15 is 0 Å². The average molecular weight is 1430 g/mol. The number of hydrogen-bond acceptors (Lipinski definition) is 22. The SMILES string of the molecule is BrCCc1ccccc1.CC[C@H]1O[C@@H](n2ccc(=O)[nH]c2=O)[C@@H](OC(C)=O)C1OC(C)=O.CC[C@H]1O[C@@H](n2ccc(=O)n(CCc3ccccc3)c2=O)[C@@H](OC(C)=O)C1OC(C)=O.CO.N.O=c1ccn([C@@H]2O[C@H](CO)C(O)[C@@H]2O)c(=O)n1CCc1ccccc1.[Y]. The molecule has 9 rings (SSSR count). The van der Waals surface area contributed by atoms with Gasteiger partial charge in [-0.3, -0.25) is 61.4 Å². The maximum atomic E-state index is 13.2. The normalized spacial score (nSPS) is 22.4. The van der Waals surface area contributed by atoms with Gasteiger partial charge >= 0.3 is 40.9 Å². The Morgan fingerprint density at radius 1 is 0.500 bits per heavy atom. The number of benzene rings is 3. The second kappa shape index (κ2) is 39.4. The van der Waals surface area contributed by atoms with Gasteiger partial charge in [0.05, 0.1) is 6.61 Å². The molecule has 3 fully saturated rings. The average Bonchev–Trinajstić information content (AvgIpc) is 1.63. The van der Waals surface area contributed by atoms with Crippen LogP contribution in [0.2, 0.25) is 0 Å². The molecule has 3 saturated heterocycles. The number of nitrogens with one attached hydrogen (secondary N) is 1. The minimum absolute atomic E-state index is 0. The molecular formula is C62H80BrN7O21Y. The molecule has 6 aromatic rings. The Balaban J connectivity index is 0.000000332. The van der Waals surface area contributed by atoms with Gasteiger partial charge in [0, 0.05) is 123 Å². The van der Waals surface area contributed by atoms with E-state index in [0.29, 0.717) is 25.7 Å². The number of aromatic nitrogens is 6. The molecule has 30 heteroatoms. The number of aliphatic hydroxyl groups is 4. The molecule has 0 spiro atoms. The van der Waals surface area contributed by atoms with Crippen LogP contribution in [0.5, 0.6) is 0 Å². The number of carbonyl (C=O) groups is 4. The van der Waals surface area contributed by atoms with Crippen LogP contribution in [0.3, 0.4) is 0 Å². The molecule has 3 aliphatic rings. The minimum atomic E-state index is -1.38. The number of hydrogen-bond donors (Lipinski definition) is 6. The van der Waals surface area contributed by atoms with Crippen molar-refractivity contribution in [3.63, 3.8) is 0 Å². The van der Waals surface area contributed by atoms with Gasteiger partial charge in [-0.15, -0.1) is 0 Å². The van der Waals surface area contributed by atoms with Crippen LogP contribution in [0.1, 0.15) is 89.8 Å². The Hall–Kier alpha value is -7.16. The predicted octanol–water partition coefficient (Wildman–Crippen LogP) is 2.39. The second-order valence-corrected chi connectivity index (χ2v) is 21.2. The number of ether oxygens (including phenoxy) is 7. The van der Waals surface area contributed by atoms with Gasteiger partial charge in [-0.2, -0.15) is 0 Å². The largest absolute Gasteiger partial charge is 0.456 e. The fraction of sp³-hybridized carbons (Fsp3) is 0.452. The van der Waals surface area contributed by atoms with Crippen molar-refractivity contribution in [1.82, 2.24) is 34.0 Å². The number of rotatable bonds is 18. The monoisotopic (exact) mass is 1430 g/mol. The molecule has 3 aliphatic heterocycles. The first-order valence-corrected chi connectivity index (χ1v) is 29.9. The van der Waals surface area contributed by atoms with E-state index in [-0.39, 0.29) is 51.9 Å². The van der Waals surface area contributed by atoms with Crippen LogP contribution >= 0.6 is 15.9 Å². The Labute approximate surface area is 562 Å². The number of halogens is 1. The first kappa shape index (κ1) is 79.1. The summed E-state index contributed by atoms with van der Waals surface area (Å²) in [5.41, 5.74) is -0.0321. The third-order valence-corrected chi connectivity index (χ3v) is 14.5. The zero-order valence-electron chi connectivity index (χ0n) is 52.0. The van der Waals surface area contributed by atoms with E-state index in [0.717, 1.165) is 54.3 Å². The predicted molar refractivity (Wildman–Crippen MR) is 332 cm³/mol. The number of aliphatic hydroxyl groups excluding tert-OH is 4. The summed E-state index contributed by atoms with van der Waals surface area (Å²) in [6.45, 7) is 8.42. The molecular weight excluding hydrogens is 1350 g/mol. The maximum Gasteiger partial charge on any atom is 0.333 e. The fourth-order valence-corrected chi connectivity index (χ4v) is 10.4. The van der Waals surface area contributed by atoms with Gasteiger partial charge in [0.2, 0.25) is 0 Å². The van der Waals surface area contributed by atoms with Gasteiger partial charge in [-0.05, 0) is 48.8 Å². The molecule has 0 amide bonds. The van der Waals surface area contributed by atoms with Crippen molar-refractivity contribution in [2.75, 3.05) is 19.0 Å². The second-order valence-electron chi connectivity index (χ2n) is 20.4. The van der Waals surface area contributed by atoms with E-state index < -0.39 is 138 Å². The van der Waals surface area contributed by atoms with Gasteiger partial charge in [0.25, 0.3) is 16.7 Å². The van der Waals surface area contributed by atoms with Crippen molar-refractivity contribution >= 4 is 39.8 Å². The summed E-state index contributed by atoms with van der Waals surface area (Å²) in [6.07, 6.45) is -4.90. The topological polar surface area (TPSA) is 392 Å². The van der Waals surface area contributed by atoms with Crippen molar-refractivity contribution in [3.8, 4) is 0 Å². The smallest absolute Gasteiger partial charge is 0.333 e. The Morgan fingerprint density at radius 2 is 0.848 bits per heavy atom. The summed E-state index contributed by atoms with van der Waals surface area (Å²) >= 11 is 3.39. The summed E-state index contributed by atoms with van der Waals surface area (Å²) in [4.78, 5) is 121. The first-order valence-electron chi connectivity index (χ1n) is 28.8. The Kier molecular flexibility index (Phi) is 33.9. The quantitative estimate of drug-likeness (QED) is 0.0409. The summed E-state index contributed by atoms with van der Waals surface area (Å²) in [5.74, 6) is -2.30. The number of aromatic amines is 1. The van der Waals surface area contributed by atoms with Crippen molar-refractivity contribution in [2.24, 2.45) is 0 Å². The molecule has 6 heterocycles.